The van der Waals surface area contributed by atoms with E-state index in [0.29, 0.717) is 25.2 Å². The minimum Gasteiger partial charge on any atom is -0.494 e. The van der Waals surface area contributed by atoms with E-state index in [1.54, 1.807) is 12.1 Å². The van der Waals surface area contributed by atoms with Crippen LogP contribution in [0.2, 0.25) is 0 Å². The Morgan fingerprint density at radius 1 is 1.17 bits per heavy atom. The topological polar surface area (TPSA) is 75.6 Å². The normalized spacial score (nSPS) is 20.9. The molecule has 0 aliphatic heterocycles. The van der Waals surface area contributed by atoms with Gasteiger partial charge in [0.25, 0.3) is 0 Å². The maximum absolute atomic E-state index is 12.8. The van der Waals surface area contributed by atoms with Crippen molar-refractivity contribution in [3.8, 4) is 5.75 Å². The van der Waals surface area contributed by atoms with Crippen LogP contribution in [0.3, 0.4) is 0 Å². The molecule has 0 heterocycles. The molecule has 0 unspecified atom stereocenters. The number of hydrogen-bond acceptors (Lipinski definition) is 3. The number of rotatable bonds is 7. The number of halogens is 1. The first-order valence-electron chi connectivity index (χ1n) is 8.47. The summed E-state index contributed by atoms with van der Waals surface area (Å²) < 4.78 is 18.2. The smallest absolute Gasteiger partial charge is 0.308 e. The molecule has 1 aliphatic rings. The van der Waals surface area contributed by atoms with Gasteiger partial charge in [0, 0.05) is 12.5 Å². The second-order valence-corrected chi connectivity index (χ2v) is 6.16. The van der Waals surface area contributed by atoms with Crippen molar-refractivity contribution in [3.05, 3.63) is 30.1 Å². The van der Waals surface area contributed by atoms with Gasteiger partial charge in [-0.05, 0) is 43.5 Å². The first-order chi connectivity index (χ1) is 11.6. The van der Waals surface area contributed by atoms with Crippen molar-refractivity contribution in [1.82, 2.24) is 5.32 Å². The second-order valence-electron chi connectivity index (χ2n) is 6.16. The van der Waals surface area contributed by atoms with Crippen molar-refractivity contribution in [3.63, 3.8) is 0 Å². The molecule has 0 aromatic heterocycles. The third-order valence-corrected chi connectivity index (χ3v) is 4.31. The van der Waals surface area contributed by atoms with Crippen molar-refractivity contribution in [2.45, 2.75) is 51.0 Å². The van der Waals surface area contributed by atoms with Gasteiger partial charge in [0.1, 0.15) is 11.6 Å². The summed E-state index contributed by atoms with van der Waals surface area (Å²) in [5, 5.41) is 12.2. The van der Waals surface area contributed by atoms with E-state index in [1.807, 2.05) is 0 Å². The molecule has 1 aliphatic carbocycles. The zero-order valence-electron chi connectivity index (χ0n) is 13.7. The summed E-state index contributed by atoms with van der Waals surface area (Å²) in [6.07, 6.45) is 5.00. The second kappa shape index (κ2) is 9.25. The number of nitrogens with one attached hydrogen (secondary N) is 1. The van der Waals surface area contributed by atoms with Crippen LogP contribution in [0.15, 0.2) is 24.3 Å². The molecule has 1 amide bonds. The van der Waals surface area contributed by atoms with E-state index in [4.69, 9.17) is 4.74 Å². The molecule has 1 fully saturated rings. The Morgan fingerprint density at radius 2 is 1.88 bits per heavy atom. The molecular weight excluding hydrogens is 313 g/mol. The lowest BCUT2D eigenvalue weighted by Gasteiger charge is -2.22. The summed E-state index contributed by atoms with van der Waals surface area (Å²) in [6, 6.07) is 5.44. The number of carbonyl (C=O) groups is 2. The Balaban J connectivity index is 1.71. The summed E-state index contributed by atoms with van der Waals surface area (Å²) in [7, 11) is 0. The summed E-state index contributed by atoms with van der Waals surface area (Å²) in [5.74, 6) is -1.23. The van der Waals surface area contributed by atoms with Gasteiger partial charge in [-0.15, -0.1) is 0 Å². The zero-order valence-corrected chi connectivity index (χ0v) is 13.7. The molecule has 2 N–H and O–H groups in total. The lowest BCUT2D eigenvalue weighted by molar-refractivity contribution is -0.143. The lowest BCUT2D eigenvalue weighted by atomic mass is 9.94. The molecule has 5 nitrogen and oxygen atoms in total. The van der Waals surface area contributed by atoms with E-state index >= 15 is 0 Å². The Labute approximate surface area is 141 Å². The van der Waals surface area contributed by atoms with Gasteiger partial charge < -0.3 is 15.2 Å². The first kappa shape index (κ1) is 18.2. The number of ether oxygens (including phenoxy) is 1. The number of aliphatic carboxylic acids is 1. The lowest BCUT2D eigenvalue weighted by Crippen LogP contribution is -2.42. The van der Waals surface area contributed by atoms with E-state index in [9.17, 15) is 19.1 Å². The van der Waals surface area contributed by atoms with Crippen LogP contribution in [-0.2, 0) is 9.59 Å². The molecule has 2 rings (SSSR count). The van der Waals surface area contributed by atoms with Crippen LogP contribution in [0.1, 0.15) is 44.9 Å². The number of carboxylic acids is 1. The van der Waals surface area contributed by atoms with Crippen molar-refractivity contribution < 1.29 is 23.8 Å². The van der Waals surface area contributed by atoms with E-state index in [2.05, 4.69) is 5.32 Å². The van der Waals surface area contributed by atoms with Crippen LogP contribution < -0.4 is 10.1 Å². The van der Waals surface area contributed by atoms with E-state index in [0.717, 1.165) is 25.7 Å². The molecule has 0 radical (unpaired) electrons. The van der Waals surface area contributed by atoms with Gasteiger partial charge in [-0.2, -0.15) is 0 Å². The third kappa shape index (κ3) is 5.83. The fourth-order valence-corrected chi connectivity index (χ4v) is 3.01. The minimum atomic E-state index is -0.832. The third-order valence-electron chi connectivity index (χ3n) is 4.31. The average molecular weight is 337 g/mol. The Morgan fingerprint density at radius 3 is 2.58 bits per heavy atom. The number of carbonyl (C=O) groups excluding carboxylic acids is 1. The fourth-order valence-electron chi connectivity index (χ4n) is 3.01. The number of hydrogen-bond donors (Lipinski definition) is 2. The van der Waals surface area contributed by atoms with Crippen LogP contribution in [0.25, 0.3) is 0 Å². The highest BCUT2D eigenvalue weighted by atomic mass is 19.1. The average Bonchev–Trinajstić information content (AvgIpc) is 2.79. The van der Waals surface area contributed by atoms with E-state index < -0.39 is 11.9 Å². The Bertz CT molecular complexity index is 546. The van der Waals surface area contributed by atoms with Crippen LogP contribution >= 0.6 is 0 Å². The molecule has 0 saturated heterocycles. The van der Waals surface area contributed by atoms with Crippen molar-refractivity contribution in [1.29, 1.82) is 0 Å². The summed E-state index contributed by atoms with van der Waals surface area (Å²) in [6.45, 7) is 0.353. The van der Waals surface area contributed by atoms with Crippen molar-refractivity contribution in [2.24, 2.45) is 5.92 Å². The fraction of sp³-hybridized carbons (Fsp3) is 0.556. The van der Waals surface area contributed by atoms with E-state index in [1.165, 1.54) is 12.1 Å². The zero-order chi connectivity index (χ0) is 17.4. The molecule has 1 aromatic carbocycles. The summed E-state index contributed by atoms with van der Waals surface area (Å²) in [5.41, 5.74) is 0. The molecule has 0 spiro atoms. The van der Waals surface area contributed by atoms with Crippen LogP contribution in [0.4, 0.5) is 4.39 Å². The molecule has 24 heavy (non-hydrogen) atoms. The highest BCUT2D eigenvalue weighted by Crippen LogP contribution is 2.24. The standard InChI is InChI=1S/C18H24FNO4/c19-13-8-10-14(11-9-13)24-12-4-7-17(21)20-16-6-3-1-2-5-15(16)18(22)23/h8-11,15-16H,1-7,12H2,(H,20,21)(H,22,23)/t15-,16+/m1/s1. The predicted molar refractivity (Wildman–Crippen MR) is 87.3 cm³/mol. The van der Waals surface area contributed by atoms with Crippen LogP contribution in [0.5, 0.6) is 5.75 Å². The minimum absolute atomic E-state index is 0.143. The van der Waals surface area contributed by atoms with Crippen LogP contribution in [-0.4, -0.2) is 29.6 Å². The largest absolute Gasteiger partial charge is 0.494 e. The molecule has 2 atom stereocenters. The maximum atomic E-state index is 12.8. The number of amides is 1. The maximum Gasteiger partial charge on any atom is 0.308 e. The summed E-state index contributed by atoms with van der Waals surface area (Å²) >= 11 is 0. The predicted octanol–water partition coefficient (Wildman–Crippen LogP) is 3.13. The number of benzene rings is 1. The highest BCUT2D eigenvalue weighted by molar-refractivity contribution is 5.78. The van der Waals surface area contributed by atoms with Gasteiger partial charge in [-0.1, -0.05) is 19.3 Å². The van der Waals surface area contributed by atoms with Gasteiger partial charge in [0.15, 0.2) is 0 Å². The highest BCUT2D eigenvalue weighted by Gasteiger charge is 2.30. The first-order valence-corrected chi connectivity index (χ1v) is 8.47. The molecule has 132 valence electrons. The summed E-state index contributed by atoms with van der Waals surface area (Å²) in [4.78, 5) is 23.4. The molecule has 1 saturated carbocycles. The van der Waals surface area contributed by atoms with Crippen molar-refractivity contribution >= 4 is 11.9 Å². The molecule has 1 aromatic rings. The van der Waals surface area contributed by atoms with Crippen molar-refractivity contribution in [2.75, 3.05) is 6.61 Å². The van der Waals surface area contributed by atoms with E-state index in [-0.39, 0.29) is 24.2 Å². The van der Waals surface area contributed by atoms with Gasteiger partial charge in [0.2, 0.25) is 5.91 Å². The molecule has 0 bridgehead atoms. The Kier molecular flexibility index (Phi) is 7.03. The van der Waals surface area contributed by atoms with Crippen LogP contribution in [0, 0.1) is 11.7 Å². The van der Waals surface area contributed by atoms with Gasteiger partial charge >= 0.3 is 5.97 Å². The molecule has 6 heteroatoms. The number of carboxylic acid groups (broad SMARTS) is 1. The SMILES string of the molecule is O=C(CCCOc1ccc(F)cc1)N[C@H]1CCCCC[C@H]1C(=O)O. The van der Waals surface area contributed by atoms with Gasteiger partial charge in [-0.3, -0.25) is 9.59 Å². The van der Waals surface area contributed by atoms with Gasteiger partial charge in [0.05, 0.1) is 12.5 Å². The monoisotopic (exact) mass is 337 g/mol. The quantitative estimate of drug-likeness (QED) is 0.592. The molecular formula is C18H24FNO4. The Hall–Kier alpha value is -2.11. The van der Waals surface area contributed by atoms with Gasteiger partial charge in [-0.25, -0.2) is 4.39 Å².